The van der Waals surface area contributed by atoms with Gasteiger partial charge in [-0.1, -0.05) is 0 Å². The maximum atomic E-state index is 11.3. The summed E-state index contributed by atoms with van der Waals surface area (Å²) in [6.45, 7) is 2.10. The molecule has 0 radical (unpaired) electrons. The first kappa shape index (κ1) is 10.9. The molecule has 0 aromatic rings. The van der Waals surface area contributed by atoms with Crippen LogP contribution >= 0.6 is 0 Å². The third-order valence-corrected chi connectivity index (χ3v) is 3.07. The molecule has 0 bridgehead atoms. The van der Waals surface area contributed by atoms with Crippen LogP contribution in [-0.2, 0) is 14.3 Å². The second-order valence-corrected chi connectivity index (χ2v) is 4.30. The van der Waals surface area contributed by atoms with Gasteiger partial charge in [-0.05, 0) is 45.2 Å². The highest BCUT2D eigenvalue weighted by atomic mass is 16.6. The molecule has 1 saturated carbocycles. The highest BCUT2D eigenvalue weighted by molar-refractivity contribution is 5.71. The van der Waals surface area contributed by atoms with Crippen LogP contribution < -0.4 is 5.32 Å². The minimum absolute atomic E-state index is 0.126. The van der Waals surface area contributed by atoms with Gasteiger partial charge in [-0.15, -0.1) is 0 Å². The molecule has 0 aromatic carbocycles. The molecule has 2 aliphatic rings. The van der Waals surface area contributed by atoms with Crippen molar-refractivity contribution >= 4 is 5.97 Å². The first-order valence-corrected chi connectivity index (χ1v) is 5.86. The van der Waals surface area contributed by atoms with E-state index in [1.54, 1.807) is 0 Å². The van der Waals surface area contributed by atoms with Crippen molar-refractivity contribution in [2.45, 2.75) is 44.3 Å². The van der Waals surface area contributed by atoms with E-state index >= 15 is 0 Å². The van der Waals surface area contributed by atoms with E-state index in [0.29, 0.717) is 0 Å². The Kier molecular flexibility index (Phi) is 3.97. The number of hydrogen-bond acceptors (Lipinski definition) is 4. The zero-order valence-corrected chi connectivity index (χ0v) is 9.04. The summed E-state index contributed by atoms with van der Waals surface area (Å²) < 4.78 is 10.7. The lowest BCUT2D eigenvalue weighted by atomic mass is 9.96. The van der Waals surface area contributed by atoms with E-state index in [1.165, 1.54) is 6.42 Å². The van der Waals surface area contributed by atoms with E-state index < -0.39 is 0 Å². The van der Waals surface area contributed by atoms with E-state index in [1.807, 2.05) is 0 Å². The minimum atomic E-state index is -0.196. The van der Waals surface area contributed by atoms with Gasteiger partial charge < -0.3 is 14.8 Å². The van der Waals surface area contributed by atoms with Crippen molar-refractivity contribution in [2.24, 2.45) is 0 Å². The van der Waals surface area contributed by atoms with Gasteiger partial charge in [0.05, 0.1) is 6.10 Å². The quantitative estimate of drug-likeness (QED) is 0.703. The van der Waals surface area contributed by atoms with Gasteiger partial charge in [0.1, 0.15) is 12.7 Å². The van der Waals surface area contributed by atoms with Gasteiger partial charge in [-0.3, -0.25) is 0 Å². The lowest BCUT2D eigenvalue weighted by Gasteiger charge is -2.26. The molecule has 0 spiro atoms. The van der Waals surface area contributed by atoms with Crippen LogP contribution in [0.2, 0.25) is 0 Å². The molecule has 0 atom stereocenters. The van der Waals surface area contributed by atoms with Crippen LogP contribution in [0.15, 0.2) is 0 Å². The topological polar surface area (TPSA) is 47.6 Å². The smallest absolute Gasteiger partial charge is 0.332 e. The van der Waals surface area contributed by atoms with Crippen molar-refractivity contribution in [3.8, 4) is 0 Å². The average molecular weight is 213 g/mol. The molecule has 86 valence electrons. The zero-order valence-electron chi connectivity index (χ0n) is 9.04. The van der Waals surface area contributed by atoms with Crippen molar-refractivity contribution < 1.29 is 14.3 Å². The summed E-state index contributed by atoms with van der Waals surface area (Å²) >= 11 is 0. The number of ether oxygens (including phenoxy) is 2. The summed E-state index contributed by atoms with van der Waals surface area (Å²) in [5, 5.41) is 3.26. The Morgan fingerprint density at radius 3 is 2.47 bits per heavy atom. The molecular formula is C11H19NO3. The van der Waals surface area contributed by atoms with Crippen LogP contribution in [0.3, 0.4) is 0 Å². The number of piperidine rings is 1. The van der Waals surface area contributed by atoms with Crippen LogP contribution in [0.1, 0.15) is 32.1 Å². The van der Waals surface area contributed by atoms with Crippen molar-refractivity contribution in [1.29, 1.82) is 0 Å². The first-order valence-electron chi connectivity index (χ1n) is 5.86. The van der Waals surface area contributed by atoms with Crippen molar-refractivity contribution in [3.63, 3.8) is 0 Å². The standard InChI is InChI=1S/C11H19NO3/c13-11(15-10-2-1-3-10)8-14-9-4-6-12-7-5-9/h9-10,12H,1-8H2. The van der Waals surface area contributed by atoms with Gasteiger partial charge in [0.15, 0.2) is 0 Å². The van der Waals surface area contributed by atoms with Gasteiger partial charge in [0.25, 0.3) is 0 Å². The number of rotatable bonds is 4. The molecule has 4 heteroatoms. The van der Waals surface area contributed by atoms with Crippen LogP contribution in [0.25, 0.3) is 0 Å². The highest BCUT2D eigenvalue weighted by Gasteiger charge is 2.22. The third kappa shape index (κ3) is 3.47. The van der Waals surface area contributed by atoms with Gasteiger partial charge in [-0.2, -0.15) is 0 Å². The van der Waals surface area contributed by atoms with E-state index in [0.717, 1.165) is 38.8 Å². The highest BCUT2D eigenvalue weighted by Crippen LogP contribution is 2.22. The summed E-state index contributed by atoms with van der Waals surface area (Å²) in [6, 6.07) is 0. The second kappa shape index (κ2) is 5.47. The van der Waals surface area contributed by atoms with Gasteiger partial charge in [0.2, 0.25) is 0 Å². The fraction of sp³-hybridized carbons (Fsp3) is 0.909. The van der Waals surface area contributed by atoms with E-state index in [2.05, 4.69) is 5.32 Å². The fourth-order valence-corrected chi connectivity index (χ4v) is 1.86. The summed E-state index contributed by atoms with van der Waals surface area (Å²) in [5.74, 6) is -0.196. The predicted octanol–water partition coefficient (Wildman–Crippen LogP) is 0.851. The Balaban J connectivity index is 1.57. The molecule has 1 N–H and O–H groups in total. The maximum absolute atomic E-state index is 11.3. The van der Waals surface area contributed by atoms with Crippen LogP contribution in [0.4, 0.5) is 0 Å². The molecule has 2 rings (SSSR count). The van der Waals surface area contributed by atoms with Gasteiger partial charge in [-0.25, -0.2) is 4.79 Å². The summed E-state index contributed by atoms with van der Waals surface area (Å²) in [7, 11) is 0. The van der Waals surface area contributed by atoms with E-state index in [4.69, 9.17) is 9.47 Å². The fourth-order valence-electron chi connectivity index (χ4n) is 1.86. The second-order valence-electron chi connectivity index (χ2n) is 4.30. The van der Waals surface area contributed by atoms with Crippen molar-refractivity contribution in [1.82, 2.24) is 5.32 Å². The third-order valence-electron chi connectivity index (χ3n) is 3.07. The van der Waals surface area contributed by atoms with Gasteiger partial charge in [0, 0.05) is 0 Å². The molecule has 4 nitrogen and oxygen atoms in total. The van der Waals surface area contributed by atoms with Crippen LogP contribution in [0, 0.1) is 0 Å². The normalized spacial score (nSPS) is 23.5. The molecule has 1 aliphatic heterocycles. The van der Waals surface area contributed by atoms with E-state index in [-0.39, 0.29) is 24.8 Å². The largest absolute Gasteiger partial charge is 0.461 e. The van der Waals surface area contributed by atoms with Crippen LogP contribution in [0.5, 0.6) is 0 Å². The number of carbonyl (C=O) groups excluding carboxylic acids is 1. The Labute approximate surface area is 90.3 Å². The maximum Gasteiger partial charge on any atom is 0.332 e. The lowest BCUT2D eigenvalue weighted by molar-refractivity contribution is -0.160. The zero-order chi connectivity index (χ0) is 10.5. The first-order chi connectivity index (χ1) is 7.34. The Bertz CT molecular complexity index is 210. The monoisotopic (exact) mass is 213 g/mol. The Hall–Kier alpha value is -0.610. The Morgan fingerprint density at radius 1 is 1.13 bits per heavy atom. The number of hydrogen-bond donors (Lipinski definition) is 1. The molecule has 1 saturated heterocycles. The molecular weight excluding hydrogens is 194 g/mol. The SMILES string of the molecule is O=C(COC1CCNCC1)OC1CCC1. The minimum Gasteiger partial charge on any atom is -0.461 e. The van der Waals surface area contributed by atoms with Crippen molar-refractivity contribution in [2.75, 3.05) is 19.7 Å². The van der Waals surface area contributed by atoms with Crippen LogP contribution in [-0.4, -0.2) is 37.9 Å². The lowest BCUT2D eigenvalue weighted by Crippen LogP contribution is -2.34. The number of nitrogens with one attached hydrogen (secondary N) is 1. The average Bonchev–Trinajstić information content (AvgIpc) is 2.22. The molecule has 2 fully saturated rings. The van der Waals surface area contributed by atoms with E-state index in [9.17, 15) is 4.79 Å². The number of esters is 1. The molecule has 1 aliphatic carbocycles. The van der Waals surface area contributed by atoms with Crippen molar-refractivity contribution in [3.05, 3.63) is 0 Å². The molecule has 15 heavy (non-hydrogen) atoms. The molecule has 0 aromatic heterocycles. The Morgan fingerprint density at radius 2 is 1.87 bits per heavy atom. The molecule has 0 unspecified atom stereocenters. The summed E-state index contributed by atoms with van der Waals surface area (Å²) in [4.78, 5) is 11.3. The molecule has 0 amide bonds. The summed E-state index contributed by atoms with van der Waals surface area (Å²) in [6.07, 6.45) is 5.65. The predicted molar refractivity (Wildman–Crippen MR) is 55.6 cm³/mol. The number of carbonyl (C=O) groups is 1. The summed E-state index contributed by atoms with van der Waals surface area (Å²) in [5.41, 5.74) is 0. The molecule has 1 heterocycles. The van der Waals surface area contributed by atoms with Gasteiger partial charge >= 0.3 is 5.97 Å².